The fourth-order valence-electron chi connectivity index (χ4n) is 4.01. The van der Waals surface area contributed by atoms with Crippen molar-refractivity contribution >= 4 is 0 Å². The van der Waals surface area contributed by atoms with Gasteiger partial charge in [-0.25, -0.2) is 0 Å². The van der Waals surface area contributed by atoms with E-state index < -0.39 is 0 Å². The van der Waals surface area contributed by atoms with Crippen LogP contribution in [0.3, 0.4) is 0 Å². The third-order valence-corrected chi connectivity index (χ3v) is 4.85. The van der Waals surface area contributed by atoms with Crippen LogP contribution in [0.4, 0.5) is 0 Å². The highest BCUT2D eigenvalue weighted by molar-refractivity contribution is 5.01. The van der Waals surface area contributed by atoms with Gasteiger partial charge in [-0.1, -0.05) is 40.0 Å². The van der Waals surface area contributed by atoms with E-state index in [0.29, 0.717) is 11.5 Å². The number of ether oxygens (including phenoxy) is 1. The highest BCUT2D eigenvalue weighted by Gasteiger charge is 2.47. The Balaban J connectivity index is 2.01. The second-order valence-electron chi connectivity index (χ2n) is 7.11. The first-order valence-corrected chi connectivity index (χ1v) is 7.95. The molecule has 2 rings (SSSR count). The second kappa shape index (κ2) is 5.92. The summed E-state index contributed by atoms with van der Waals surface area (Å²) in [7, 11) is 0. The highest BCUT2D eigenvalue weighted by atomic mass is 16.5. The molecule has 0 aromatic heterocycles. The molecule has 1 saturated carbocycles. The summed E-state index contributed by atoms with van der Waals surface area (Å²) in [5.41, 5.74) is 0.605. The van der Waals surface area contributed by atoms with E-state index in [1.165, 1.54) is 51.4 Å². The van der Waals surface area contributed by atoms with Crippen LogP contribution in [0, 0.1) is 5.41 Å². The minimum Gasteiger partial charge on any atom is -0.372 e. The number of rotatable bonds is 4. The highest BCUT2D eigenvalue weighted by Crippen LogP contribution is 2.46. The first-order chi connectivity index (χ1) is 8.58. The van der Waals surface area contributed by atoms with Gasteiger partial charge < -0.3 is 10.1 Å². The second-order valence-corrected chi connectivity index (χ2v) is 7.11. The van der Waals surface area contributed by atoms with Crippen molar-refractivity contribution in [2.75, 3.05) is 13.2 Å². The number of hydrogen-bond acceptors (Lipinski definition) is 2. The van der Waals surface area contributed by atoms with Crippen LogP contribution >= 0.6 is 0 Å². The van der Waals surface area contributed by atoms with E-state index in [4.69, 9.17) is 4.74 Å². The van der Waals surface area contributed by atoms with E-state index >= 15 is 0 Å². The van der Waals surface area contributed by atoms with E-state index in [2.05, 4.69) is 26.1 Å². The van der Waals surface area contributed by atoms with Crippen molar-refractivity contribution in [3.05, 3.63) is 0 Å². The maximum atomic E-state index is 6.32. The first kappa shape index (κ1) is 14.3. The molecule has 0 amide bonds. The van der Waals surface area contributed by atoms with Gasteiger partial charge in [0.05, 0.1) is 12.2 Å². The Bertz CT molecular complexity index is 260. The zero-order valence-corrected chi connectivity index (χ0v) is 12.6. The normalized spacial score (nSPS) is 35.8. The molecule has 1 saturated heterocycles. The molecule has 2 atom stereocenters. The molecule has 2 aliphatic rings. The zero-order chi connectivity index (χ0) is 13.1. The van der Waals surface area contributed by atoms with Crippen molar-refractivity contribution in [3.8, 4) is 0 Å². The molecule has 0 bridgehead atoms. The van der Waals surface area contributed by atoms with E-state index in [-0.39, 0.29) is 5.60 Å². The molecule has 106 valence electrons. The van der Waals surface area contributed by atoms with Crippen LogP contribution in [-0.4, -0.2) is 24.8 Å². The Labute approximate surface area is 113 Å². The number of nitrogens with one attached hydrogen (secondary N) is 1. The van der Waals surface area contributed by atoms with Crippen LogP contribution in [0.5, 0.6) is 0 Å². The van der Waals surface area contributed by atoms with Gasteiger partial charge in [0.15, 0.2) is 0 Å². The molecule has 2 heteroatoms. The minimum atomic E-state index is 0.147. The molecule has 1 N–H and O–H groups in total. The van der Waals surface area contributed by atoms with Gasteiger partial charge in [0.1, 0.15) is 0 Å². The van der Waals surface area contributed by atoms with E-state index in [1.807, 2.05) is 0 Å². The van der Waals surface area contributed by atoms with E-state index in [1.54, 1.807) is 0 Å². The molecule has 2 nitrogen and oxygen atoms in total. The molecule has 0 aromatic rings. The maximum absolute atomic E-state index is 6.32. The van der Waals surface area contributed by atoms with Gasteiger partial charge >= 0.3 is 0 Å². The van der Waals surface area contributed by atoms with E-state index in [0.717, 1.165) is 13.2 Å². The Morgan fingerprint density at radius 1 is 1.22 bits per heavy atom. The molecule has 2 unspecified atom stereocenters. The van der Waals surface area contributed by atoms with E-state index in [9.17, 15) is 0 Å². The molecule has 2 fully saturated rings. The minimum absolute atomic E-state index is 0.147. The van der Waals surface area contributed by atoms with Crippen LogP contribution in [0.2, 0.25) is 0 Å². The molecule has 1 aliphatic carbocycles. The van der Waals surface area contributed by atoms with Crippen molar-refractivity contribution < 1.29 is 4.74 Å². The average molecular weight is 253 g/mol. The third-order valence-electron chi connectivity index (χ3n) is 4.85. The van der Waals surface area contributed by atoms with Crippen molar-refractivity contribution in [2.24, 2.45) is 5.41 Å². The predicted octanol–water partition coefficient (Wildman–Crippen LogP) is 3.89. The summed E-state index contributed by atoms with van der Waals surface area (Å²) < 4.78 is 6.32. The lowest BCUT2D eigenvalue weighted by atomic mass is 9.66. The predicted molar refractivity (Wildman–Crippen MR) is 76.9 cm³/mol. The van der Waals surface area contributed by atoms with Crippen LogP contribution in [0.1, 0.15) is 72.1 Å². The number of unbranched alkanes of at least 4 members (excludes halogenated alkanes) is 2. The fourth-order valence-corrected chi connectivity index (χ4v) is 4.01. The van der Waals surface area contributed by atoms with Gasteiger partial charge in [-0.2, -0.15) is 0 Å². The van der Waals surface area contributed by atoms with Crippen molar-refractivity contribution in [3.63, 3.8) is 0 Å². The molecule has 18 heavy (non-hydrogen) atoms. The zero-order valence-electron chi connectivity index (χ0n) is 12.6. The van der Waals surface area contributed by atoms with Gasteiger partial charge in [-0.05, 0) is 37.5 Å². The summed E-state index contributed by atoms with van der Waals surface area (Å²) in [5, 5.41) is 3.75. The Kier molecular flexibility index (Phi) is 4.71. The SMILES string of the molecule is CCCCCC1NCCOC12CCCC(C)(C)C2. The summed E-state index contributed by atoms with van der Waals surface area (Å²) in [4.78, 5) is 0. The summed E-state index contributed by atoms with van der Waals surface area (Å²) in [6.45, 7) is 9.05. The standard InChI is InChI=1S/C16H31NO/c1-4-5-6-8-14-16(18-12-11-17-14)10-7-9-15(2,3)13-16/h14,17H,4-13H2,1-3H3. The largest absolute Gasteiger partial charge is 0.372 e. The lowest BCUT2D eigenvalue weighted by Crippen LogP contribution is -2.60. The van der Waals surface area contributed by atoms with Gasteiger partial charge in [0.25, 0.3) is 0 Å². The molecular weight excluding hydrogens is 222 g/mol. The Hall–Kier alpha value is -0.0800. The smallest absolute Gasteiger partial charge is 0.0840 e. The Morgan fingerprint density at radius 3 is 2.78 bits per heavy atom. The van der Waals surface area contributed by atoms with Crippen molar-refractivity contribution in [1.29, 1.82) is 0 Å². The fraction of sp³-hybridized carbons (Fsp3) is 1.00. The lowest BCUT2D eigenvalue weighted by molar-refractivity contribution is -0.141. The topological polar surface area (TPSA) is 21.3 Å². The van der Waals surface area contributed by atoms with Gasteiger partial charge in [-0.15, -0.1) is 0 Å². The maximum Gasteiger partial charge on any atom is 0.0840 e. The van der Waals surface area contributed by atoms with Crippen LogP contribution in [0.15, 0.2) is 0 Å². The summed E-state index contributed by atoms with van der Waals surface area (Å²) >= 11 is 0. The molecule has 0 radical (unpaired) electrons. The van der Waals surface area contributed by atoms with Gasteiger partial charge in [0.2, 0.25) is 0 Å². The number of hydrogen-bond donors (Lipinski definition) is 1. The summed E-state index contributed by atoms with van der Waals surface area (Å²) in [5.74, 6) is 0. The molecule has 1 spiro atoms. The molecule has 0 aromatic carbocycles. The molecule has 1 heterocycles. The summed E-state index contributed by atoms with van der Waals surface area (Å²) in [6.07, 6.45) is 10.5. The van der Waals surface area contributed by atoms with Crippen molar-refractivity contribution in [1.82, 2.24) is 5.32 Å². The molecule has 1 aliphatic heterocycles. The average Bonchev–Trinajstić information content (AvgIpc) is 2.31. The first-order valence-electron chi connectivity index (χ1n) is 7.95. The van der Waals surface area contributed by atoms with Gasteiger partial charge in [-0.3, -0.25) is 0 Å². The Morgan fingerprint density at radius 2 is 2.06 bits per heavy atom. The molecular formula is C16H31NO. The van der Waals surface area contributed by atoms with Crippen LogP contribution in [0.25, 0.3) is 0 Å². The van der Waals surface area contributed by atoms with Crippen LogP contribution in [-0.2, 0) is 4.74 Å². The summed E-state index contributed by atoms with van der Waals surface area (Å²) in [6, 6.07) is 0.595. The number of morpholine rings is 1. The van der Waals surface area contributed by atoms with Gasteiger partial charge in [0, 0.05) is 12.6 Å². The monoisotopic (exact) mass is 253 g/mol. The van der Waals surface area contributed by atoms with Crippen molar-refractivity contribution in [2.45, 2.75) is 83.8 Å². The third kappa shape index (κ3) is 3.27. The quantitative estimate of drug-likeness (QED) is 0.767. The lowest BCUT2D eigenvalue weighted by Gasteiger charge is -2.51. The van der Waals surface area contributed by atoms with Crippen LogP contribution < -0.4 is 5.32 Å².